The molecule has 1 N–H and O–H groups in total. The number of aromatic nitrogens is 3. The number of fused-ring (bicyclic) bond motifs is 1. The van der Waals surface area contributed by atoms with Crippen molar-refractivity contribution >= 4 is 5.65 Å². The molecule has 0 saturated carbocycles. The van der Waals surface area contributed by atoms with Crippen LogP contribution in [0.5, 0.6) is 0 Å². The van der Waals surface area contributed by atoms with Gasteiger partial charge in [-0.05, 0) is 12.0 Å². The molecule has 2 heterocycles. The average molecular weight is 267 g/mol. The van der Waals surface area contributed by atoms with E-state index in [0.29, 0.717) is 5.92 Å². The van der Waals surface area contributed by atoms with Crippen molar-refractivity contribution in [3.8, 4) is 0 Å². The van der Waals surface area contributed by atoms with E-state index < -0.39 is 0 Å². The van der Waals surface area contributed by atoms with Crippen LogP contribution in [0, 0.1) is 0 Å². The Morgan fingerprint density at radius 3 is 2.05 bits per heavy atom. The van der Waals surface area contributed by atoms with Crippen LogP contribution in [0.1, 0.15) is 67.0 Å². The lowest BCUT2D eigenvalue weighted by molar-refractivity contribution is 0.827. The Morgan fingerprint density at radius 2 is 1.58 bits per heavy atom. The molecule has 0 radical (unpaired) electrons. The van der Waals surface area contributed by atoms with Gasteiger partial charge in [-0.1, -0.05) is 55.4 Å². The van der Waals surface area contributed by atoms with Crippen LogP contribution in [0.25, 0.3) is 5.65 Å². The minimum atomic E-state index is -0.111. The van der Waals surface area contributed by atoms with E-state index in [1.54, 1.807) is 10.6 Å². The topological polar surface area (TPSA) is 50.2 Å². The Morgan fingerprint density at radius 1 is 1.05 bits per heavy atom. The van der Waals surface area contributed by atoms with Gasteiger partial charge in [0.1, 0.15) is 0 Å². The summed E-state index contributed by atoms with van der Waals surface area (Å²) < 4.78 is 1.65. The third-order valence-corrected chi connectivity index (χ3v) is 1.96. The molecule has 0 saturated heterocycles. The van der Waals surface area contributed by atoms with Gasteiger partial charge in [0.15, 0.2) is 5.65 Å². The Bertz CT molecular complexity index is 483. The largest absolute Gasteiger partial charge is 0.268 e. The zero-order chi connectivity index (χ0) is 15.4. The van der Waals surface area contributed by atoms with E-state index in [4.69, 9.17) is 0 Å². The molecule has 4 nitrogen and oxygen atoms in total. The first kappa shape index (κ1) is 19.8. The fourth-order valence-electron chi connectivity index (χ4n) is 1.20. The highest BCUT2D eigenvalue weighted by molar-refractivity contribution is 5.37. The van der Waals surface area contributed by atoms with Gasteiger partial charge in [-0.2, -0.15) is 0 Å². The lowest BCUT2D eigenvalue weighted by Gasteiger charge is -1.94. The number of aromatic amines is 1. The van der Waals surface area contributed by atoms with Crippen LogP contribution in [0.3, 0.4) is 0 Å². The number of nitrogens with one attached hydrogen (secondary N) is 1. The molecule has 0 unspecified atom stereocenters. The number of hydrogen-bond donors (Lipinski definition) is 1. The number of nitrogens with zero attached hydrogens (tertiary/aromatic N) is 2. The first-order valence-electron chi connectivity index (χ1n) is 7.25. The molecule has 0 aliphatic heterocycles. The van der Waals surface area contributed by atoms with Crippen LogP contribution >= 0.6 is 0 Å². The molecule has 0 aliphatic carbocycles. The van der Waals surface area contributed by atoms with Crippen molar-refractivity contribution in [2.24, 2.45) is 0 Å². The van der Waals surface area contributed by atoms with Gasteiger partial charge >= 0.3 is 0 Å². The van der Waals surface area contributed by atoms with Crippen LogP contribution < -0.4 is 5.56 Å². The molecule has 0 fully saturated rings. The normalized spacial score (nSPS) is 8.68. The van der Waals surface area contributed by atoms with Crippen molar-refractivity contribution in [3.05, 3.63) is 34.4 Å². The Kier molecular flexibility index (Phi) is 12.0. The second-order valence-electron chi connectivity index (χ2n) is 3.36. The summed E-state index contributed by atoms with van der Waals surface area (Å²) in [5.74, 6) is 0.378. The van der Waals surface area contributed by atoms with Crippen molar-refractivity contribution in [3.63, 3.8) is 0 Å². The average Bonchev–Trinajstić information content (AvgIpc) is 2.89. The van der Waals surface area contributed by atoms with Gasteiger partial charge in [0.2, 0.25) is 0 Å². The first-order valence-corrected chi connectivity index (χ1v) is 7.25. The van der Waals surface area contributed by atoms with E-state index in [9.17, 15) is 4.79 Å². The predicted molar refractivity (Wildman–Crippen MR) is 83.9 cm³/mol. The number of H-pyrrole nitrogens is 1. The van der Waals surface area contributed by atoms with Gasteiger partial charge in [-0.15, -0.1) is 0 Å². The summed E-state index contributed by atoms with van der Waals surface area (Å²) in [6.07, 6.45) is 1.85. The second-order valence-corrected chi connectivity index (χ2v) is 3.36. The molecule has 4 heteroatoms. The van der Waals surface area contributed by atoms with Crippen LogP contribution in [0.2, 0.25) is 0 Å². The van der Waals surface area contributed by atoms with Crippen molar-refractivity contribution in [2.75, 3.05) is 0 Å². The summed E-state index contributed by atoms with van der Waals surface area (Å²) in [5.41, 5.74) is 1.66. The SMILES string of the molecule is CC.CC.CC.CC(C)c1cn2[nH]c(=O)ccc2n1. The molecule has 0 aliphatic rings. The highest BCUT2D eigenvalue weighted by atomic mass is 16.1. The van der Waals surface area contributed by atoms with Gasteiger partial charge in [0.05, 0.1) is 11.9 Å². The molecule has 2 aromatic heterocycles. The second kappa shape index (κ2) is 11.5. The summed E-state index contributed by atoms with van der Waals surface area (Å²) in [6, 6.07) is 3.19. The van der Waals surface area contributed by atoms with E-state index in [2.05, 4.69) is 23.9 Å². The van der Waals surface area contributed by atoms with E-state index >= 15 is 0 Å². The van der Waals surface area contributed by atoms with Crippen molar-refractivity contribution in [2.45, 2.75) is 61.3 Å². The number of imidazole rings is 1. The third kappa shape index (κ3) is 6.22. The van der Waals surface area contributed by atoms with Crippen LogP contribution in [-0.4, -0.2) is 14.6 Å². The van der Waals surface area contributed by atoms with Crippen LogP contribution in [0.15, 0.2) is 23.1 Å². The molecule has 19 heavy (non-hydrogen) atoms. The van der Waals surface area contributed by atoms with E-state index in [-0.39, 0.29) is 5.56 Å². The van der Waals surface area contributed by atoms with Crippen molar-refractivity contribution < 1.29 is 0 Å². The number of rotatable bonds is 1. The zero-order valence-corrected chi connectivity index (χ0v) is 13.6. The lowest BCUT2D eigenvalue weighted by atomic mass is 10.2. The van der Waals surface area contributed by atoms with E-state index in [1.165, 1.54) is 6.07 Å². The fraction of sp³-hybridized carbons (Fsp3) is 0.600. The summed E-state index contributed by atoms with van der Waals surface area (Å²) in [7, 11) is 0. The molecule has 0 spiro atoms. The molecule has 0 amide bonds. The van der Waals surface area contributed by atoms with E-state index in [1.807, 2.05) is 47.7 Å². The molecule has 110 valence electrons. The van der Waals surface area contributed by atoms with E-state index in [0.717, 1.165) is 11.3 Å². The Balaban J connectivity index is 0. The molecular formula is C15H29N3O. The van der Waals surface area contributed by atoms with Gasteiger partial charge in [0, 0.05) is 6.07 Å². The van der Waals surface area contributed by atoms with Gasteiger partial charge in [0.25, 0.3) is 5.56 Å². The maximum Gasteiger partial charge on any atom is 0.262 e. The first-order chi connectivity index (χ1) is 9.16. The van der Waals surface area contributed by atoms with Gasteiger partial charge in [-0.25, -0.2) is 9.50 Å². The fourth-order valence-corrected chi connectivity index (χ4v) is 1.20. The summed E-state index contributed by atoms with van der Waals surface area (Å²) in [5, 5.41) is 2.66. The Labute approximate surface area is 116 Å². The minimum Gasteiger partial charge on any atom is -0.268 e. The van der Waals surface area contributed by atoms with Crippen LogP contribution in [-0.2, 0) is 0 Å². The predicted octanol–water partition coefficient (Wildman–Crippen LogP) is 4.22. The monoisotopic (exact) mass is 267 g/mol. The maximum atomic E-state index is 11.0. The summed E-state index contributed by atoms with van der Waals surface area (Å²) in [6.45, 7) is 16.1. The Hall–Kier alpha value is -1.58. The standard InChI is InChI=1S/C9H11N3O.3C2H6/c1-6(2)7-5-12-8(10-7)3-4-9(13)11-12;3*1-2/h3-6H,1-2H3,(H,11,13);3*1-2H3. The molecule has 0 atom stereocenters. The molecule has 0 bridgehead atoms. The summed E-state index contributed by atoms with van der Waals surface area (Å²) >= 11 is 0. The van der Waals surface area contributed by atoms with Crippen molar-refractivity contribution in [1.29, 1.82) is 0 Å². The van der Waals surface area contributed by atoms with Crippen LogP contribution in [0.4, 0.5) is 0 Å². The quantitative estimate of drug-likeness (QED) is 0.840. The van der Waals surface area contributed by atoms with Crippen molar-refractivity contribution in [1.82, 2.24) is 14.6 Å². The minimum absolute atomic E-state index is 0.111. The lowest BCUT2D eigenvalue weighted by Crippen LogP contribution is -2.07. The molecule has 2 aromatic rings. The number of hydrogen-bond acceptors (Lipinski definition) is 2. The smallest absolute Gasteiger partial charge is 0.262 e. The highest BCUT2D eigenvalue weighted by Crippen LogP contribution is 2.12. The highest BCUT2D eigenvalue weighted by Gasteiger charge is 2.04. The zero-order valence-electron chi connectivity index (χ0n) is 13.6. The summed E-state index contributed by atoms with van der Waals surface area (Å²) in [4.78, 5) is 15.3. The molecule has 0 aromatic carbocycles. The molecule has 2 rings (SSSR count). The van der Waals surface area contributed by atoms with Gasteiger partial charge in [-0.3, -0.25) is 9.89 Å². The maximum absolute atomic E-state index is 11.0. The van der Waals surface area contributed by atoms with Gasteiger partial charge < -0.3 is 0 Å². The molecular weight excluding hydrogens is 238 g/mol. The third-order valence-electron chi connectivity index (χ3n) is 1.96.